The average Bonchev–Trinajstić information content (AvgIpc) is 2.73. The lowest BCUT2D eigenvalue weighted by Gasteiger charge is -2.22. The molecule has 98 valence electrons. The Morgan fingerprint density at radius 3 is 2.65 bits per heavy atom. The average molecular weight is 243 g/mol. The van der Waals surface area contributed by atoms with Crippen LogP contribution in [0.1, 0.15) is 13.8 Å². The van der Waals surface area contributed by atoms with E-state index in [1.54, 1.807) is 18.9 Å². The highest BCUT2D eigenvalue weighted by atomic mass is 16.5. The molecule has 0 aromatic rings. The largest absolute Gasteiger partial charge is 0.379 e. The second-order valence-corrected chi connectivity index (χ2v) is 4.39. The van der Waals surface area contributed by atoms with Gasteiger partial charge in [-0.2, -0.15) is 0 Å². The monoisotopic (exact) mass is 243 g/mol. The summed E-state index contributed by atoms with van der Waals surface area (Å²) in [7, 11) is 1.70. The van der Waals surface area contributed by atoms with Gasteiger partial charge in [0.05, 0.1) is 19.1 Å². The van der Waals surface area contributed by atoms with Crippen LogP contribution in [0.15, 0.2) is 0 Å². The number of amides is 2. The van der Waals surface area contributed by atoms with Gasteiger partial charge in [-0.25, -0.2) is 0 Å². The zero-order chi connectivity index (χ0) is 13.0. The molecule has 1 aliphatic rings. The molecule has 0 bridgehead atoms. The van der Waals surface area contributed by atoms with Crippen molar-refractivity contribution in [2.45, 2.75) is 25.9 Å². The van der Waals surface area contributed by atoms with Crippen LogP contribution in [0.4, 0.5) is 0 Å². The first-order valence-electron chi connectivity index (χ1n) is 5.86. The van der Waals surface area contributed by atoms with E-state index in [0.717, 1.165) is 0 Å². The molecule has 0 spiro atoms. The summed E-state index contributed by atoms with van der Waals surface area (Å²) in [6.07, 6.45) is 0. The molecule has 3 N–H and O–H groups in total. The molecule has 1 heterocycles. The van der Waals surface area contributed by atoms with Crippen LogP contribution in [0.3, 0.4) is 0 Å². The van der Waals surface area contributed by atoms with Gasteiger partial charge in [0.25, 0.3) is 0 Å². The SMILES string of the molecule is CCN(C)C(=O)C(C)NC(=O)C1COCC1N. The van der Waals surface area contributed by atoms with Gasteiger partial charge in [-0.3, -0.25) is 9.59 Å². The molecule has 2 amide bonds. The van der Waals surface area contributed by atoms with Crippen LogP contribution in [-0.4, -0.2) is 55.6 Å². The predicted molar refractivity (Wildman–Crippen MR) is 63.2 cm³/mol. The smallest absolute Gasteiger partial charge is 0.244 e. The van der Waals surface area contributed by atoms with Crippen LogP contribution < -0.4 is 11.1 Å². The van der Waals surface area contributed by atoms with Crippen LogP contribution in [0, 0.1) is 5.92 Å². The zero-order valence-corrected chi connectivity index (χ0v) is 10.6. The molecule has 1 rings (SSSR count). The third-order valence-electron chi connectivity index (χ3n) is 3.04. The predicted octanol–water partition coefficient (Wildman–Crippen LogP) is -1.06. The lowest BCUT2D eigenvalue weighted by Crippen LogP contribution is -2.49. The maximum Gasteiger partial charge on any atom is 0.244 e. The van der Waals surface area contributed by atoms with E-state index in [1.807, 2.05) is 6.92 Å². The molecule has 1 fully saturated rings. The third-order valence-corrected chi connectivity index (χ3v) is 3.04. The van der Waals surface area contributed by atoms with Crippen molar-refractivity contribution in [3.05, 3.63) is 0 Å². The first-order chi connectivity index (χ1) is 7.97. The summed E-state index contributed by atoms with van der Waals surface area (Å²) >= 11 is 0. The van der Waals surface area contributed by atoms with E-state index < -0.39 is 6.04 Å². The maximum atomic E-state index is 11.8. The Kier molecular flexibility index (Phi) is 4.89. The van der Waals surface area contributed by atoms with Gasteiger partial charge in [0.2, 0.25) is 11.8 Å². The van der Waals surface area contributed by atoms with E-state index in [9.17, 15) is 9.59 Å². The van der Waals surface area contributed by atoms with Crippen molar-refractivity contribution in [1.82, 2.24) is 10.2 Å². The van der Waals surface area contributed by atoms with Gasteiger partial charge < -0.3 is 20.7 Å². The fourth-order valence-electron chi connectivity index (χ4n) is 1.71. The third kappa shape index (κ3) is 3.41. The molecule has 1 saturated heterocycles. The number of nitrogens with zero attached hydrogens (tertiary/aromatic N) is 1. The number of carbonyl (C=O) groups excluding carboxylic acids is 2. The summed E-state index contributed by atoms with van der Waals surface area (Å²) < 4.78 is 5.12. The van der Waals surface area contributed by atoms with E-state index in [-0.39, 0.29) is 23.8 Å². The number of nitrogens with one attached hydrogen (secondary N) is 1. The molecular formula is C11H21N3O3. The number of ether oxygens (including phenoxy) is 1. The molecule has 3 atom stereocenters. The Hall–Kier alpha value is -1.14. The van der Waals surface area contributed by atoms with Crippen LogP contribution >= 0.6 is 0 Å². The summed E-state index contributed by atoms with van der Waals surface area (Å²) in [5.74, 6) is -0.661. The highest BCUT2D eigenvalue weighted by molar-refractivity contribution is 5.88. The second-order valence-electron chi connectivity index (χ2n) is 4.39. The van der Waals surface area contributed by atoms with Gasteiger partial charge >= 0.3 is 0 Å². The topological polar surface area (TPSA) is 84.7 Å². The Labute approximate surface area is 101 Å². The second kappa shape index (κ2) is 5.97. The maximum absolute atomic E-state index is 11.8. The van der Waals surface area contributed by atoms with Gasteiger partial charge in [0.1, 0.15) is 6.04 Å². The molecule has 0 aliphatic carbocycles. The first-order valence-corrected chi connectivity index (χ1v) is 5.86. The van der Waals surface area contributed by atoms with Gasteiger partial charge in [0, 0.05) is 19.6 Å². The van der Waals surface area contributed by atoms with Gasteiger partial charge in [-0.15, -0.1) is 0 Å². The normalized spacial score (nSPS) is 25.4. The number of nitrogens with two attached hydrogens (primary N) is 1. The number of hydrogen-bond donors (Lipinski definition) is 2. The highest BCUT2D eigenvalue weighted by Crippen LogP contribution is 2.11. The fraction of sp³-hybridized carbons (Fsp3) is 0.818. The summed E-state index contributed by atoms with van der Waals surface area (Å²) in [4.78, 5) is 25.2. The minimum absolute atomic E-state index is 0.103. The van der Waals surface area contributed by atoms with Crippen molar-refractivity contribution in [2.24, 2.45) is 11.7 Å². The van der Waals surface area contributed by atoms with Crippen molar-refractivity contribution in [2.75, 3.05) is 26.8 Å². The molecule has 0 radical (unpaired) electrons. The summed E-state index contributed by atoms with van der Waals surface area (Å²) in [5, 5.41) is 2.68. The number of likely N-dealkylation sites (N-methyl/N-ethyl adjacent to an activating group) is 1. The Bertz CT molecular complexity index is 296. The van der Waals surface area contributed by atoms with Crippen molar-refractivity contribution < 1.29 is 14.3 Å². The van der Waals surface area contributed by atoms with E-state index in [4.69, 9.17) is 10.5 Å². The van der Waals surface area contributed by atoms with Gasteiger partial charge in [-0.1, -0.05) is 0 Å². The van der Waals surface area contributed by atoms with Crippen molar-refractivity contribution >= 4 is 11.8 Å². The number of carbonyl (C=O) groups is 2. The van der Waals surface area contributed by atoms with Crippen LogP contribution in [-0.2, 0) is 14.3 Å². The van der Waals surface area contributed by atoms with Crippen molar-refractivity contribution in [1.29, 1.82) is 0 Å². The zero-order valence-electron chi connectivity index (χ0n) is 10.6. The Balaban J connectivity index is 2.48. The minimum atomic E-state index is -0.528. The Morgan fingerprint density at radius 2 is 2.18 bits per heavy atom. The molecule has 1 aliphatic heterocycles. The van der Waals surface area contributed by atoms with Gasteiger partial charge in [0.15, 0.2) is 0 Å². The van der Waals surface area contributed by atoms with E-state index >= 15 is 0 Å². The lowest BCUT2D eigenvalue weighted by atomic mass is 10.0. The number of rotatable bonds is 4. The van der Waals surface area contributed by atoms with Crippen molar-refractivity contribution in [3.63, 3.8) is 0 Å². The van der Waals surface area contributed by atoms with Crippen LogP contribution in [0.25, 0.3) is 0 Å². The molecule has 6 nitrogen and oxygen atoms in total. The minimum Gasteiger partial charge on any atom is -0.379 e. The molecule has 6 heteroatoms. The molecular weight excluding hydrogens is 222 g/mol. The quantitative estimate of drug-likeness (QED) is 0.659. The molecule has 0 aromatic carbocycles. The standard InChI is InChI=1S/C11H21N3O3/c1-4-14(3)11(16)7(2)13-10(15)8-5-17-6-9(8)12/h7-9H,4-6,12H2,1-3H3,(H,13,15). The summed E-state index contributed by atoms with van der Waals surface area (Å²) in [6.45, 7) is 4.90. The molecule has 3 unspecified atom stereocenters. The van der Waals surface area contributed by atoms with E-state index in [0.29, 0.717) is 19.8 Å². The Morgan fingerprint density at radius 1 is 1.53 bits per heavy atom. The molecule has 17 heavy (non-hydrogen) atoms. The highest BCUT2D eigenvalue weighted by Gasteiger charge is 2.32. The summed E-state index contributed by atoms with van der Waals surface area (Å²) in [5.41, 5.74) is 5.74. The van der Waals surface area contributed by atoms with E-state index in [1.165, 1.54) is 0 Å². The molecule has 0 saturated carbocycles. The summed E-state index contributed by atoms with van der Waals surface area (Å²) in [6, 6.07) is -0.804. The van der Waals surface area contributed by atoms with Crippen LogP contribution in [0.2, 0.25) is 0 Å². The lowest BCUT2D eigenvalue weighted by molar-refractivity contribution is -0.136. The first kappa shape index (κ1) is 13.9. The fourth-order valence-corrected chi connectivity index (χ4v) is 1.71. The van der Waals surface area contributed by atoms with Crippen molar-refractivity contribution in [3.8, 4) is 0 Å². The van der Waals surface area contributed by atoms with Gasteiger partial charge in [-0.05, 0) is 13.8 Å². The molecule has 0 aromatic heterocycles. The van der Waals surface area contributed by atoms with E-state index in [2.05, 4.69) is 5.32 Å². The number of hydrogen-bond acceptors (Lipinski definition) is 4. The van der Waals surface area contributed by atoms with Crippen LogP contribution in [0.5, 0.6) is 0 Å².